The Morgan fingerprint density at radius 1 is 1.50 bits per heavy atom. The summed E-state index contributed by atoms with van der Waals surface area (Å²) in [5, 5.41) is 9.10. The summed E-state index contributed by atoms with van der Waals surface area (Å²) in [6.45, 7) is 1.82. The number of nitriles is 1. The van der Waals surface area contributed by atoms with Crippen LogP contribution in [-0.2, 0) is 0 Å². The maximum atomic E-state index is 8.63. The summed E-state index contributed by atoms with van der Waals surface area (Å²) in [5.74, 6) is 0.707. The molecule has 62 valence electrons. The normalized spacial score (nSPS) is 9.17. The van der Waals surface area contributed by atoms with Gasteiger partial charge in [-0.05, 0) is 19.1 Å². The number of benzene rings is 1. The van der Waals surface area contributed by atoms with Crippen molar-refractivity contribution < 1.29 is 4.74 Å². The van der Waals surface area contributed by atoms with Crippen LogP contribution in [0.5, 0.6) is 5.75 Å². The van der Waals surface area contributed by atoms with Crippen LogP contribution in [0.1, 0.15) is 11.1 Å². The molecule has 0 saturated carbocycles. The van der Waals surface area contributed by atoms with E-state index in [1.165, 1.54) is 0 Å². The molecule has 12 heavy (non-hydrogen) atoms. The van der Waals surface area contributed by atoms with Gasteiger partial charge in [-0.25, -0.2) is 0 Å². The number of ether oxygens (including phenoxy) is 1. The van der Waals surface area contributed by atoms with Crippen molar-refractivity contribution in [1.82, 2.24) is 0 Å². The first-order valence-corrected chi connectivity index (χ1v) is 3.81. The lowest BCUT2D eigenvalue weighted by atomic mass is 10.1. The molecule has 0 aliphatic heterocycles. The number of hydrogen-bond acceptors (Lipinski definition) is 2. The highest BCUT2D eigenvalue weighted by Crippen LogP contribution is 2.28. The lowest BCUT2D eigenvalue weighted by molar-refractivity contribution is 0.411. The minimum absolute atomic E-state index is 0.469. The predicted molar refractivity (Wildman–Crippen MR) is 47.5 cm³/mol. The minimum atomic E-state index is 0.469. The van der Waals surface area contributed by atoms with Gasteiger partial charge in [0.05, 0.1) is 17.7 Å². The molecule has 0 aliphatic carbocycles. The van der Waals surface area contributed by atoms with Crippen molar-refractivity contribution in [3.8, 4) is 11.8 Å². The van der Waals surface area contributed by atoms with Crippen LogP contribution in [0.4, 0.5) is 0 Å². The van der Waals surface area contributed by atoms with Crippen LogP contribution in [0.3, 0.4) is 0 Å². The van der Waals surface area contributed by atoms with Crippen molar-refractivity contribution in [2.24, 2.45) is 0 Å². The Balaban J connectivity index is 3.32. The lowest BCUT2D eigenvalue weighted by Crippen LogP contribution is -1.89. The standard InChI is InChI=1S/C9H8ClNO/c1-6-8(12-2)4-3-7(5-11)9(6)10/h3-4H,1-2H3. The van der Waals surface area contributed by atoms with Crippen molar-refractivity contribution in [3.05, 3.63) is 28.3 Å². The van der Waals surface area contributed by atoms with E-state index in [0.717, 1.165) is 5.56 Å². The lowest BCUT2D eigenvalue weighted by Gasteiger charge is -2.06. The van der Waals surface area contributed by atoms with Crippen LogP contribution in [0.15, 0.2) is 12.1 Å². The largest absolute Gasteiger partial charge is 0.496 e. The first-order valence-electron chi connectivity index (χ1n) is 3.44. The van der Waals surface area contributed by atoms with E-state index in [-0.39, 0.29) is 0 Å². The molecule has 0 spiro atoms. The molecule has 0 amide bonds. The molecule has 2 nitrogen and oxygen atoms in total. The zero-order valence-electron chi connectivity index (χ0n) is 6.89. The fraction of sp³-hybridized carbons (Fsp3) is 0.222. The van der Waals surface area contributed by atoms with Gasteiger partial charge in [0.25, 0.3) is 0 Å². The van der Waals surface area contributed by atoms with Gasteiger partial charge in [-0.2, -0.15) is 5.26 Å². The van der Waals surface area contributed by atoms with Crippen LogP contribution < -0.4 is 4.74 Å². The molecular formula is C9H8ClNO. The summed E-state index contributed by atoms with van der Waals surface area (Å²) in [4.78, 5) is 0. The van der Waals surface area contributed by atoms with E-state index in [0.29, 0.717) is 16.3 Å². The minimum Gasteiger partial charge on any atom is -0.496 e. The molecule has 1 aromatic rings. The SMILES string of the molecule is COc1ccc(C#N)c(Cl)c1C. The molecule has 0 aromatic heterocycles. The third-order valence-electron chi connectivity index (χ3n) is 1.68. The summed E-state index contributed by atoms with van der Waals surface area (Å²) >= 11 is 5.87. The van der Waals surface area contributed by atoms with Crippen LogP contribution in [0.2, 0.25) is 5.02 Å². The van der Waals surface area contributed by atoms with Gasteiger partial charge >= 0.3 is 0 Å². The van der Waals surface area contributed by atoms with Gasteiger partial charge in [0.15, 0.2) is 0 Å². The summed E-state index contributed by atoms with van der Waals surface area (Å²) in [5.41, 5.74) is 1.29. The zero-order valence-corrected chi connectivity index (χ0v) is 7.64. The quantitative estimate of drug-likeness (QED) is 0.667. The van der Waals surface area contributed by atoms with Crippen molar-refractivity contribution in [2.75, 3.05) is 7.11 Å². The average molecular weight is 182 g/mol. The fourth-order valence-electron chi connectivity index (χ4n) is 0.975. The molecule has 3 heteroatoms. The Morgan fingerprint density at radius 2 is 2.17 bits per heavy atom. The molecule has 0 fully saturated rings. The van der Waals surface area contributed by atoms with Crippen molar-refractivity contribution in [1.29, 1.82) is 5.26 Å². The van der Waals surface area contributed by atoms with E-state index in [9.17, 15) is 0 Å². The molecule has 0 aliphatic rings. The van der Waals surface area contributed by atoms with E-state index in [1.54, 1.807) is 19.2 Å². The Labute approximate surface area is 76.3 Å². The molecule has 0 unspecified atom stereocenters. The van der Waals surface area contributed by atoms with E-state index in [1.807, 2.05) is 13.0 Å². The molecule has 1 aromatic carbocycles. The third kappa shape index (κ3) is 1.37. The Bertz CT molecular complexity index is 341. The number of hydrogen-bond donors (Lipinski definition) is 0. The highest BCUT2D eigenvalue weighted by Gasteiger charge is 2.06. The van der Waals surface area contributed by atoms with Gasteiger partial charge in [0.1, 0.15) is 11.8 Å². The zero-order chi connectivity index (χ0) is 9.14. The number of nitrogens with zero attached hydrogens (tertiary/aromatic N) is 1. The molecule has 0 atom stereocenters. The fourth-order valence-corrected chi connectivity index (χ4v) is 1.17. The van der Waals surface area contributed by atoms with Gasteiger partial charge in [0.2, 0.25) is 0 Å². The van der Waals surface area contributed by atoms with Crippen LogP contribution in [0.25, 0.3) is 0 Å². The summed E-state index contributed by atoms with van der Waals surface area (Å²) < 4.78 is 5.03. The number of halogens is 1. The summed E-state index contributed by atoms with van der Waals surface area (Å²) in [6.07, 6.45) is 0. The number of methoxy groups -OCH3 is 1. The molecule has 0 N–H and O–H groups in total. The van der Waals surface area contributed by atoms with Gasteiger partial charge in [-0.1, -0.05) is 11.6 Å². The smallest absolute Gasteiger partial charge is 0.123 e. The summed E-state index contributed by atoms with van der Waals surface area (Å²) in [6, 6.07) is 5.38. The monoisotopic (exact) mass is 181 g/mol. The number of rotatable bonds is 1. The highest BCUT2D eigenvalue weighted by molar-refractivity contribution is 6.32. The van der Waals surface area contributed by atoms with Crippen LogP contribution in [-0.4, -0.2) is 7.11 Å². The third-order valence-corrected chi connectivity index (χ3v) is 2.16. The molecular weight excluding hydrogens is 174 g/mol. The first-order chi connectivity index (χ1) is 5.70. The van der Waals surface area contributed by atoms with E-state index in [2.05, 4.69) is 0 Å². The Hall–Kier alpha value is -1.20. The molecule has 1 rings (SSSR count). The van der Waals surface area contributed by atoms with Gasteiger partial charge in [-0.3, -0.25) is 0 Å². The van der Waals surface area contributed by atoms with E-state index < -0.39 is 0 Å². The second-order valence-electron chi connectivity index (χ2n) is 2.37. The van der Waals surface area contributed by atoms with Crippen molar-refractivity contribution in [2.45, 2.75) is 6.92 Å². The second kappa shape index (κ2) is 3.46. The molecule has 0 radical (unpaired) electrons. The van der Waals surface area contributed by atoms with Gasteiger partial charge < -0.3 is 4.74 Å². The second-order valence-corrected chi connectivity index (χ2v) is 2.74. The van der Waals surface area contributed by atoms with E-state index >= 15 is 0 Å². The maximum Gasteiger partial charge on any atom is 0.123 e. The van der Waals surface area contributed by atoms with E-state index in [4.69, 9.17) is 21.6 Å². The summed E-state index contributed by atoms with van der Waals surface area (Å²) in [7, 11) is 1.57. The Kier molecular flexibility index (Phi) is 2.57. The van der Waals surface area contributed by atoms with Crippen LogP contribution in [0, 0.1) is 18.3 Å². The van der Waals surface area contributed by atoms with Crippen molar-refractivity contribution >= 4 is 11.6 Å². The van der Waals surface area contributed by atoms with Gasteiger partial charge in [-0.15, -0.1) is 0 Å². The first kappa shape index (κ1) is 8.89. The molecule has 0 bridgehead atoms. The predicted octanol–water partition coefficient (Wildman–Crippen LogP) is 2.53. The highest BCUT2D eigenvalue weighted by atomic mass is 35.5. The molecule has 0 heterocycles. The van der Waals surface area contributed by atoms with Crippen LogP contribution >= 0.6 is 11.6 Å². The topological polar surface area (TPSA) is 33.0 Å². The Morgan fingerprint density at radius 3 is 2.67 bits per heavy atom. The average Bonchev–Trinajstić information content (AvgIpc) is 2.10. The van der Waals surface area contributed by atoms with Gasteiger partial charge in [0, 0.05) is 5.56 Å². The van der Waals surface area contributed by atoms with Crippen molar-refractivity contribution in [3.63, 3.8) is 0 Å². The molecule has 0 saturated heterocycles. The maximum absolute atomic E-state index is 8.63.